The smallest absolute Gasteiger partial charge is 0.410 e. The molecule has 0 N–H and O–H groups in total. The van der Waals surface area contributed by atoms with Crippen LogP contribution in [0.4, 0.5) is 10.6 Å². The lowest BCUT2D eigenvalue weighted by atomic mass is 9.97. The first kappa shape index (κ1) is 33.7. The van der Waals surface area contributed by atoms with Crippen molar-refractivity contribution in [2.24, 2.45) is 5.41 Å². The lowest BCUT2D eigenvalue weighted by Gasteiger charge is -2.40. The Labute approximate surface area is 290 Å². The molecule has 252 valence electrons. The van der Waals surface area contributed by atoms with Crippen molar-refractivity contribution in [2.75, 3.05) is 24.5 Å². The molecule has 0 radical (unpaired) electrons. The molecule has 1 aliphatic rings. The average Bonchev–Trinajstić information content (AvgIpc) is 3.43. The summed E-state index contributed by atoms with van der Waals surface area (Å²) in [5.41, 5.74) is 3.73. The molecule has 1 amide bonds. The highest BCUT2D eigenvalue weighted by molar-refractivity contribution is 6.28. The number of anilines is 1. The van der Waals surface area contributed by atoms with Crippen molar-refractivity contribution in [1.82, 2.24) is 19.4 Å². The molecule has 49 heavy (non-hydrogen) atoms. The van der Waals surface area contributed by atoms with Crippen LogP contribution in [0.25, 0.3) is 21.8 Å². The first-order valence-corrected chi connectivity index (χ1v) is 16.8. The first-order valence-electron chi connectivity index (χ1n) is 16.4. The van der Waals surface area contributed by atoms with E-state index in [2.05, 4.69) is 34.7 Å². The van der Waals surface area contributed by atoms with Crippen molar-refractivity contribution in [3.05, 3.63) is 94.9 Å². The molecule has 1 fully saturated rings. The molecule has 1 aliphatic heterocycles. The summed E-state index contributed by atoms with van der Waals surface area (Å²) in [6.07, 6.45) is 2.28. The molecule has 0 spiro atoms. The lowest BCUT2D eigenvalue weighted by Crippen LogP contribution is -2.55. The molecule has 1 atom stereocenters. The quantitative estimate of drug-likeness (QED) is 0.0940. The highest BCUT2D eigenvalue weighted by Crippen LogP contribution is 2.35. The normalized spacial score (nSPS) is 15.0. The van der Waals surface area contributed by atoms with E-state index in [-0.39, 0.29) is 24.3 Å². The molecular weight excluding hydrogens is 640 g/mol. The molecule has 3 aromatic carbocycles. The van der Waals surface area contributed by atoms with E-state index in [1.165, 1.54) is 0 Å². The minimum absolute atomic E-state index is 0.108. The molecular formula is C38H39ClN6O4. The Kier molecular flexibility index (Phi) is 9.74. The van der Waals surface area contributed by atoms with E-state index in [1.807, 2.05) is 81.4 Å². The van der Waals surface area contributed by atoms with Crippen molar-refractivity contribution in [2.45, 2.75) is 59.7 Å². The summed E-state index contributed by atoms with van der Waals surface area (Å²) in [4.78, 5) is 39.1. The van der Waals surface area contributed by atoms with Gasteiger partial charge in [0, 0.05) is 44.4 Å². The van der Waals surface area contributed by atoms with Crippen LogP contribution in [0.1, 0.15) is 50.8 Å². The summed E-state index contributed by atoms with van der Waals surface area (Å²) in [5, 5.41) is 11.8. The van der Waals surface area contributed by atoms with Crippen LogP contribution < -0.4 is 9.64 Å². The number of nitrogens with zero attached hydrogens (tertiary/aromatic N) is 6. The van der Waals surface area contributed by atoms with Crippen LogP contribution in [0, 0.1) is 16.7 Å². The van der Waals surface area contributed by atoms with Gasteiger partial charge < -0.3 is 23.8 Å². The third-order valence-corrected chi connectivity index (χ3v) is 8.92. The number of halogens is 1. The minimum atomic E-state index is -0.648. The Morgan fingerprint density at radius 2 is 1.78 bits per heavy atom. The second-order valence-corrected chi connectivity index (χ2v) is 13.6. The Morgan fingerprint density at radius 3 is 2.51 bits per heavy atom. The maximum Gasteiger partial charge on any atom is 0.410 e. The van der Waals surface area contributed by atoms with Gasteiger partial charge in [-0.15, -0.1) is 0 Å². The van der Waals surface area contributed by atoms with E-state index in [4.69, 9.17) is 31.0 Å². The van der Waals surface area contributed by atoms with Crippen LogP contribution in [-0.4, -0.2) is 57.2 Å². The van der Waals surface area contributed by atoms with E-state index < -0.39 is 17.6 Å². The maximum absolute atomic E-state index is 13.2. The fraction of sp³-hybridized carbons (Fsp3) is 0.342. The van der Waals surface area contributed by atoms with Crippen LogP contribution in [0.5, 0.6) is 5.75 Å². The van der Waals surface area contributed by atoms with Gasteiger partial charge in [0.2, 0.25) is 5.28 Å². The summed E-state index contributed by atoms with van der Waals surface area (Å²) < 4.78 is 13.6. The van der Waals surface area contributed by atoms with Gasteiger partial charge in [-0.05, 0) is 73.3 Å². The van der Waals surface area contributed by atoms with E-state index in [0.717, 1.165) is 38.5 Å². The number of carbonyl (C=O) groups excluding carboxylic acids is 2. The number of piperazine rings is 1. The highest BCUT2D eigenvalue weighted by Gasteiger charge is 2.34. The Morgan fingerprint density at radius 1 is 1.02 bits per heavy atom. The van der Waals surface area contributed by atoms with Crippen LogP contribution in [0.2, 0.25) is 5.28 Å². The number of nitriles is 1. The zero-order valence-corrected chi connectivity index (χ0v) is 28.9. The van der Waals surface area contributed by atoms with Crippen molar-refractivity contribution < 1.29 is 19.1 Å². The molecule has 6 rings (SSSR count). The van der Waals surface area contributed by atoms with Crippen LogP contribution in [-0.2, 0) is 29.1 Å². The summed E-state index contributed by atoms with van der Waals surface area (Å²) in [6.45, 7) is 9.58. The van der Waals surface area contributed by atoms with E-state index in [1.54, 1.807) is 4.90 Å². The molecule has 0 saturated carbocycles. The van der Waals surface area contributed by atoms with Gasteiger partial charge in [-0.2, -0.15) is 10.2 Å². The van der Waals surface area contributed by atoms with Gasteiger partial charge in [-0.3, -0.25) is 4.79 Å². The predicted molar refractivity (Wildman–Crippen MR) is 190 cm³/mol. The van der Waals surface area contributed by atoms with E-state index in [9.17, 15) is 14.9 Å². The number of fused-ring (bicyclic) bond motifs is 2. The number of hydrogen-bond acceptors (Lipinski definition) is 8. The molecule has 10 nitrogen and oxygen atoms in total. The average molecular weight is 679 g/mol. The third-order valence-electron chi connectivity index (χ3n) is 8.76. The van der Waals surface area contributed by atoms with Crippen molar-refractivity contribution in [1.29, 1.82) is 5.26 Å². The van der Waals surface area contributed by atoms with Gasteiger partial charge in [0.25, 0.3) is 0 Å². The fourth-order valence-electron chi connectivity index (χ4n) is 6.22. The van der Waals surface area contributed by atoms with Gasteiger partial charge in [-0.1, -0.05) is 54.6 Å². The zero-order valence-electron chi connectivity index (χ0n) is 28.1. The number of aromatic nitrogens is 3. The number of esters is 1. The topological polar surface area (TPSA) is 114 Å². The van der Waals surface area contributed by atoms with Crippen LogP contribution >= 0.6 is 11.6 Å². The van der Waals surface area contributed by atoms with Gasteiger partial charge in [0.05, 0.1) is 29.5 Å². The zero-order chi connectivity index (χ0) is 34.7. The Balaban J connectivity index is 1.31. The van der Waals surface area contributed by atoms with Crippen molar-refractivity contribution in [3.8, 4) is 11.8 Å². The Hall–Kier alpha value is -5.14. The third kappa shape index (κ3) is 7.32. The molecule has 2 aromatic heterocycles. The number of carbonyl (C=O) groups is 2. The summed E-state index contributed by atoms with van der Waals surface area (Å²) in [7, 11) is 0. The summed E-state index contributed by atoms with van der Waals surface area (Å²) in [5.74, 6) is 0.839. The number of amides is 1. The lowest BCUT2D eigenvalue weighted by molar-refractivity contribution is -0.142. The summed E-state index contributed by atoms with van der Waals surface area (Å²) >= 11 is 6.61. The summed E-state index contributed by atoms with van der Waals surface area (Å²) in [6, 6.07) is 23.2. The molecule has 0 unspecified atom stereocenters. The Bertz CT molecular complexity index is 2050. The van der Waals surface area contributed by atoms with E-state index >= 15 is 0 Å². The van der Waals surface area contributed by atoms with Crippen molar-refractivity contribution >= 4 is 51.3 Å². The number of ether oxygens (including phenoxy) is 2. The van der Waals surface area contributed by atoms with Crippen LogP contribution in [0.15, 0.2) is 72.9 Å². The molecule has 0 bridgehead atoms. The van der Waals surface area contributed by atoms with Crippen LogP contribution in [0.3, 0.4) is 0 Å². The maximum atomic E-state index is 13.2. The molecule has 3 heterocycles. The minimum Gasteiger partial charge on any atom is -0.445 e. The highest BCUT2D eigenvalue weighted by atomic mass is 35.5. The number of benzene rings is 3. The van der Waals surface area contributed by atoms with Gasteiger partial charge >= 0.3 is 12.1 Å². The van der Waals surface area contributed by atoms with E-state index in [0.29, 0.717) is 44.2 Å². The van der Waals surface area contributed by atoms with Gasteiger partial charge in [-0.25, -0.2) is 9.78 Å². The second-order valence-electron chi connectivity index (χ2n) is 13.3. The number of hydrogen-bond donors (Lipinski definition) is 0. The monoisotopic (exact) mass is 678 g/mol. The van der Waals surface area contributed by atoms with Gasteiger partial charge in [0.15, 0.2) is 5.82 Å². The van der Waals surface area contributed by atoms with Crippen molar-refractivity contribution in [3.63, 3.8) is 0 Å². The first-order chi connectivity index (χ1) is 23.5. The number of aryl methyl sites for hydroxylation is 1. The molecule has 11 heteroatoms. The predicted octanol–water partition coefficient (Wildman–Crippen LogP) is 7.54. The molecule has 5 aromatic rings. The number of rotatable bonds is 8. The second kappa shape index (κ2) is 14.1. The molecule has 1 saturated heterocycles. The fourth-order valence-corrected chi connectivity index (χ4v) is 6.38. The SMILES string of the molecule is CCn1cc(Cc2cc(OC(=O)C(C)(C)C)cc3ccccc23)c2nc(Cl)nc(N3CCN(C(=O)OCc4ccccc4)[C@@H](CC#N)C3)c21. The van der Waals surface area contributed by atoms with Gasteiger partial charge in [0.1, 0.15) is 17.9 Å². The standard InChI is InChI=1S/C38H39ClN6O4/c1-5-43-22-28(19-27-21-30(49-35(46)38(2,3)4)20-26-13-9-10-14-31(26)27)32-33(43)34(42-36(39)41-32)44-17-18-45(29(23-44)15-16-40)37(47)48-24-25-11-7-6-8-12-25/h6-14,20-22,29H,5,15,17-19,23-24H2,1-4H3/t29-/m0/s1. The largest absolute Gasteiger partial charge is 0.445 e. The molecule has 0 aliphatic carbocycles.